The van der Waals surface area contributed by atoms with Gasteiger partial charge in [0, 0.05) is 20.1 Å². The van der Waals surface area contributed by atoms with Crippen LogP contribution in [0.1, 0.15) is 30.9 Å². The number of nitrogens with zero attached hydrogens (tertiary/aromatic N) is 1. The Hall–Kier alpha value is -3.39. The number of alkyl carbamates (subject to hydrolysis) is 1. The van der Waals surface area contributed by atoms with E-state index >= 15 is 0 Å². The molecule has 0 aliphatic heterocycles. The van der Waals surface area contributed by atoms with Crippen molar-refractivity contribution in [3.8, 4) is 11.1 Å². The van der Waals surface area contributed by atoms with E-state index in [-0.39, 0.29) is 19.1 Å². The van der Waals surface area contributed by atoms with Crippen molar-refractivity contribution in [1.29, 1.82) is 0 Å². The molecule has 0 spiro atoms. The van der Waals surface area contributed by atoms with Crippen LogP contribution in [0.4, 0.5) is 4.79 Å². The van der Waals surface area contributed by atoms with Crippen LogP contribution in [0.3, 0.4) is 0 Å². The fraction of sp³-hybridized carbons (Fsp3) is 0.375. The summed E-state index contributed by atoms with van der Waals surface area (Å²) in [7, 11) is 2.76. The number of carbonyl (C=O) groups is 3. The van der Waals surface area contributed by atoms with Gasteiger partial charge in [0.1, 0.15) is 18.2 Å². The van der Waals surface area contributed by atoms with Crippen molar-refractivity contribution in [2.24, 2.45) is 0 Å². The Kier molecular flexibility index (Phi) is 6.84. The number of fused-ring (bicyclic) bond motifs is 3. The molecule has 1 unspecified atom stereocenters. The number of amides is 2. The summed E-state index contributed by atoms with van der Waals surface area (Å²) >= 11 is 0. The summed E-state index contributed by atoms with van der Waals surface area (Å²) in [6.07, 6.45) is -0.781. The van der Waals surface area contributed by atoms with Crippen LogP contribution in [0, 0.1) is 0 Å². The number of benzene rings is 2. The number of rotatable bonds is 8. The van der Waals surface area contributed by atoms with E-state index in [1.165, 1.54) is 28.0 Å². The Balaban J connectivity index is 1.73. The summed E-state index contributed by atoms with van der Waals surface area (Å²) in [6.45, 7) is 2.82. The van der Waals surface area contributed by atoms with E-state index in [0.29, 0.717) is 0 Å². The van der Waals surface area contributed by atoms with Gasteiger partial charge in [-0.15, -0.1) is 0 Å². The molecular formula is C24H28N2O6. The van der Waals surface area contributed by atoms with Crippen molar-refractivity contribution < 1.29 is 29.0 Å². The third-order valence-corrected chi connectivity index (χ3v) is 5.89. The van der Waals surface area contributed by atoms with Gasteiger partial charge in [0.25, 0.3) is 5.91 Å². The van der Waals surface area contributed by atoms with E-state index in [9.17, 15) is 19.5 Å². The number of carbonyl (C=O) groups excluding carboxylic acids is 2. The van der Waals surface area contributed by atoms with Gasteiger partial charge >= 0.3 is 12.1 Å². The van der Waals surface area contributed by atoms with Crippen LogP contribution in [-0.4, -0.2) is 66.9 Å². The zero-order valence-electron chi connectivity index (χ0n) is 18.6. The molecule has 3 rings (SSSR count). The Bertz CT molecular complexity index is 978. The minimum atomic E-state index is -1.49. The predicted molar refractivity (Wildman–Crippen MR) is 118 cm³/mol. The van der Waals surface area contributed by atoms with Gasteiger partial charge in [-0.2, -0.15) is 0 Å². The molecule has 0 radical (unpaired) electrons. The van der Waals surface area contributed by atoms with E-state index in [2.05, 4.69) is 5.32 Å². The lowest BCUT2D eigenvalue weighted by Crippen LogP contribution is -2.61. The third-order valence-electron chi connectivity index (χ3n) is 5.89. The maximum absolute atomic E-state index is 12.9. The van der Waals surface area contributed by atoms with E-state index in [1.807, 2.05) is 48.5 Å². The molecule has 1 aliphatic rings. The zero-order chi connectivity index (χ0) is 23.5. The van der Waals surface area contributed by atoms with Crippen LogP contribution in [0.2, 0.25) is 0 Å². The molecule has 0 bridgehead atoms. The molecule has 8 heteroatoms. The maximum Gasteiger partial charge on any atom is 0.408 e. The highest BCUT2D eigenvalue weighted by Gasteiger charge is 2.40. The lowest BCUT2D eigenvalue weighted by atomic mass is 9.98. The third kappa shape index (κ3) is 4.45. The number of likely N-dealkylation sites (N-methyl/N-ethyl adjacent to an activating group) is 1. The molecule has 0 fully saturated rings. The number of methoxy groups -OCH3 is 1. The smallest absolute Gasteiger partial charge is 0.408 e. The molecule has 0 saturated carbocycles. The number of ether oxygens (including phenoxy) is 2. The second kappa shape index (κ2) is 9.40. The van der Waals surface area contributed by atoms with Gasteiger partial charge in [-0.1, -0.05) is 48.5 Å². The van der Waals surface area contributed by atoms with E-state index in [0.717, 1.165) is 27.2 Å². The molecule has 2 N–H and O–H groups in total. The van der Waals surface area contributed by atoms with Crippen LogP contribution in [0.15, 0.2) is 48.5 Å². The average molecular weight is 440 g/mol. The Morgan fingerprint density at radius 2 is 1.62 bits per heavy atom. The minimum Gasteiger partial charge on any atom is -0.480 e. The molecule has 0 saturated heterocycles. The van der Waals surface area contributed by atoms with Crippen LogP contribution in [0.5, 0.6) is 0 Å². The first kappa shape index (κ1) is 23.3. The number of nitrogens with one attached hydrogen (secondary N) is 1. The van der Waals surface area contributed by atoms with E-state index in [4.69, 9.17) is 9.47 Å². The SMILES string of the molecule is COCC(C)(NC(=O)OCC1c2ccccc2-c2ccccc21)C(=O)N(C)[C@@H](C)C(=O)O. The van der Waals surface area contributed by atoms with Crippen molar-refractivity contribution in [2.45, 2.75) is 31.3 Å². The van der Waals surface area contributed by atoms with Gasteiger partial charge < -0.3 is 24.8 Å². The van der Waals surface area contributed by atoms with Crippen LogP contribution < -0.4 is 5.32 Å². The summed E-state index contributed by atoms with van der Waals surface area (Å²) < 4.78 is 10.7. The number of hydrogen-bond donors (Lipinski definition) is 2. The van der Waals surface area contributed by atoms with Gasteiger partial charge in [0.2, 0.25) is 0 Å². The monoisotopic (exact) mass is 440 g/mol. The van der Waals surface area contributed by atoms with Gasteiger partial charge in [-0.25, -0.2) is 9.59 Å². The summed E-state index contributed by atoms with van der Waals surface area (Å²) in [4.78, 5) is 37.9. The van der Waals surface area contributed by atoms with Gasteiger partial charge in [0.15, 0.2) is 0 Å². The average Bonchev–Trinajstić information content (AvgIpc) is 3.10. The fourth-order valence-corrected chi connectivity index (χ4v) is 4.03. The Morgan fingerprint density at radius 1 is 1.09 bits per heavy atom. The Labute approximate surface area is 187 Å². The minimum absolute atomic E-state index is 0.0957. The van der Waals surface area contributed by atoms with Gasteiger partial charge in [-0.05, 0) is 36.1 Å². The van der Waals surface area contributed by atoms with Gasteiger partial charge in [-0.3, -0.25) is 4.79 Å². The lowest BCUT2D eigenvalue weighted by molar-refractivity contribution is -0.151. The van der Waals surface area contributed by atoms with Crippen LogP contribution >= 0.6 is 0 Å². The molecule has 2 atom stereocenters. The number of aliphatic carboxylic acids is 1. The number of hydrogen-bond acceptors (Lipinski definition) is 5. The normalized spacial score (nSPS) is 15.1. The van der Waals surface area contributed by atoms with E-state index in [1.54, 1.807) is 0 Å². The molecular weight excluding hydrogens is 412 g/mol. The molecule has 170 valence electrons. The Morgan fingerprint density at radius 3 is 2.12 bits per heavy atom. The highest BCUT2D eigenvalue weighted by atomic mass is 16.5. The summed E-state index contributed by atoms with van der Waals surface area (Å²) in [6, 6.07) is 14.9. The molecule has 2 amide bonds. The van der Waals surface area contributed by atoms with E-state index < -0.39 is 29.6 Å². The van der Waals surface area contributed by atoms with Crippen molar-refractivity contribution >= 4 is 18.0 Å². The van der Waals surface area contributed by atoms with Crippen molar-refractivity contribution in [2.75, 3.05) is 27.4 Å². The summed E-state index contributed by atoms with van der Waals surface area (Å²) in [5.41, 5.74) is 2.89. The molecule has 32 heavy (non-hydrogen) atoms. The summed E-state index contributed by atoms with van der Waals surface area (Å²) in [5.74, 6) is -1.86. The highest BCUT2D eigenvalue weighted by molar-refractivity contribution is 5.92. The molecule has 2 aromatic carbocycles. The first-order valence-corrected chi connectivity index (χ1v) is 10.3. The summed E-state index contributed by atoms with van der Waals surface area (Å²) in [5, 5.41) is 11.8. The molecule has 0 aromatic heterocycles. The van der Waals surface area contributed by atoms with Crippen molar-refractivity contribution in [3.63, 3.8) is 0 Å². The topological polar surface area (TPSA) is 105 Å². The standard InChI is InChI=1S/C24H28N2O6/c1-15(21(27)28)26(3)22(29)24(2,14-31-4)25-23(30)32-13-20-18-11-7-5-9-16(18)17-10-6-8-12-19(17)20/h5-12,15,20H,13-14H2,1-4H3,(H,25,30)(H,27,28)/t15-,24?/m0/s1. The lowest BCUT2D eigenvalue weighted by Gasteiger charge is -2.34. The first-order valence-electron chi connectivity index (χ1n) is 10.3. The maximum atomic E-state index is 12.9. The quantitative estimate of drug-likeness (QED) is 0.654. The zero-order valence-corrected chi connectivity index (χ0v) is 18.6. The fourth-order valence-electron chi connectivity index (χ4n) is 4.03. The second-order valence-corrected chi connectivity index (χ2v) is 8.15. The van der Waals surface area contributed by atoms with Crippen LogP contribution in [0.25, 0.3) is 11.1 Å². The second-order valence-electron chi connectivity index (χ2n) is 8.15. The molecule has 8 nitrogen and oxygen atoms in total. The van der Waals surface area contributed by atoms with Crippen molar-refractivity contribution in [1.82, 2.24) is 10.2 Å². The molecule has 2 aromatic rings. The molecule has 1 aliphatic carbocycles. The van der Waals surface area contributed by atoms with Gasteiger partial charge in [0.05, 0.1) is 6.61 Å². The van der Waals surface area contributed by atoms with Crippen LogP contribution in [-0.2, 0) is 19.1 Å². The predicted octanol–water partition coefficient (Wildman–Crippen LogP) is 2.86. The largest absolute Gasteiger partial charge is 0.480 e. The molecule has 0 heterocycles. The number of carboxylic acids is 1. The number of carboxylic acid groups (broad SMARTS) is 1. The first-order chi connectivity index (χ1) is 15.2. The van der Waals surface area contributed by atoms with Crippen molar-refractivity contribution in [3.05, 3.63) is 59.7 Å². The highest BCUT2D eigenvalue weighted by Crippen LogP contribution is 2.44.